The summed E-state index contributed by atoms with van der Waals surface area (Å²) in [6, 6.07) is 13.4. The molecule has 0 spiro atoms. The molecule has 0 aliphatic carbocycles. The molecule has 1 aliphatic heterocycles. The molecule has 1 heterocycles. The highest BCUT2D eigenvalue weighted by Crippen LogP contribution is 2.37. The van der Waals surface area contributed by atoms with Gasteiger partial charge >= 0.3 is 6.03 Å². The van der Waals surface area contributed by atoms with Crippen LogP contribution in [-0.4, -0.2) is 41.7 Å². The predicted molar refractivity (Wildman–Crippen MR) is 96.0 cm³/mol. The molecule has 2 aromatic rings. The molecule has 1 aliphatic rings. The molecule has 130 valence electrons. The molecule has 0 radical (unpaired) electrons. The van der Waals surface area contributed by atoms with Crippen LogP contribution in [0.2, 0.25) is 0 Å². The van der Waals surface area contributed by atoms with E-state index in [1.165, 1.54) is 14.1 Å². The normalized spacial score (nSPS) is 17.7. The molecule has 2 aromatic carbocycles. The van der Waals surface area contributed by atoms with Gasteiger partial charge in [0.05, 0.1) is 0 Å². The second-order valence-corrected chi connectivity index (χ2v) is 6.93. The minimum absolute atomic E-state index is 0.0639. The summed E-state index contributed by atoms with van der Waals surface area (Å²) in [6.07, 6.45) is 0. The highest BCUT2D eigenvalue weighted by atomic mass is 16.2. The molecule has 1 saturated heterocycles. The van der Waals surface area contributed by atoms with E-state index in [-0.39, 0.29) is 11.8 Å². The summed E-state index contributed by atoms with van der Waals surface area (Å²) in [5.41, 5.74) is 0.941. The van der Waals surface area contributed by atoms with E-state index in [0.717, 1.165) is 26.1 Å². The number of hydrogen-bond acceptors (Lipinski definition) is 3. The van der Waals surface area contributed by atoms with Crippen molar-refractivity contribution in [2.45, 2.75) is 19.8 Å². The third-order valence-corrected chi connectivity index (χ3v) is 5.00. The number of carbonyl (C=O) groups is 3. The fourth-order valence-electron chi connectivity index (χ4n) is 3.62. The van der Waals surface area contributed by atoms with E-state index in [9.17, 15) is 14.4 Å². The SMILES string of the molecule is CC(C)C(c1ccc2ccccc2c1)C1C(=O)N(C)C(=O)N(C)C1=O. The van der Waals surface area contributed by atoms with Gasteiger partial charge in [0.1, 0.15) is 5.92 Å². The van der Waals surface area contributed by atoms with Crippen LogP contribution in [0, 0.1) is 11.8 Å². The van der Waals surface area contributed by atoms with Crippen molar-refractivity contribution in [2.75, 3.05) is 14.1 Å². The van der Waals surface area contributed by atoms with Crippen LogP contribution in [0.25, 0.3) is 10.8 Å². The van der Waals surface area contributed by atoms with Gasteiger partial charge in [-0.15, -0.1) is 0 Å². The van der Waals surface area contributed by atoms with Crippen LogP contribution in [0.4, 0.5) is 4.79 Å². The van der Waals surface area contributed by atoms with Gasteiger partial charge in [-0.3, -0.25) is 19.4 Å². The fraction of sp³-hybridized carbons (Fsp3) is 0.350. The minimum atomic E-state index is -0.881. The first-order valence-corrected chi connectivity index (χ1v) is 8.40. The van der Waals surface area contributed by atoms with Crippen LogP contribution in [0.5, 0.6) is 0 Å². The Morgan fingerprint density at radius 2 is 1.40 bits per heavy atom. The van der Waals surface area contributed by atoms with Crippen LogP contribution in [-0.2, 0) is 9.59 Å². The predicted octanol–water partition coefficient (Wildman–Crippen LogP) is 3.25. The summed E-state index contributed by atoms with van der Waals surface area (Å²) < 4.78 is 0. The van der Waals surface area contributed by atoms with Gasteiger partial charge in [-0.1, -0.05) is 56.3 Å². The summed E-state index contributed by atoms with van der Waals surface area (Å²) >= 11 is 0. The van der Waals surface area contributed by atoms with Crippen molar-refractivity contribution >= 4 is 28.6 Å². The Kier molecular flexibility index (Phi) is 4.33. The Bertz CT molecular complexity index is 835. The number of imide groups is 2. The third-order valence-electron chi connectivity index (χ3n) is 5.00. The standard InChI is InChI=1S/C20H22N2O3/c1-12(2)16(15-10-9-13-7-5-6-8-14(13)11-15)17-18(23)21(3)20(25)22(4)19(17)24/h5-12,16-17H,1-4H3. The third kappa shape index (κ3) is 2.80. The minimum Gasteiger partial charge on any atom is -0.273 e. The average Bonchev–Trinajstić information content (AvgIpc) is 2.61. The van der Waals surface area contributed by atoms with Crippen LogP contribution >= 0.6 is 0 Å². The highest BCUT2D eigenvalue weighted by Gasteiger charge is 2.47. The zero-order valence-electron chi connectivity index (χ0n) is 14.9. The van der Waals surface area contributed by atoms with Gasteiger partial charge in [-0.05, 0) is 22.3 Å². The van der Waals surface area contributed by atoms with Gasteiger partial charge in [0.25, 0.3) is 0 Å². The molecule has 4 amide bonds. The Labute approximate surface area is 147 Å². The van der Waals surface area contributed by atoms with Gasteiger partial charge in [-0.25, -0.2) is 4.79 Å². The Morgan fingerprint density at radius 3 is 1.96 bits per heavy atom. The lowest BCUT2D eigenvalue weighted by Crippen LogP contribution is -2.58. The van der Waals surface area contributed by atoms with E-state index in [0.29, 0.717) is 0 Å². The summed E-state index contributed by atoms with van der Waals surface area (Å²) in [5, 5.41) is 2.18. The van der Waals surface area contributed by atoms with Crippen LogP contribution < -0.4 is 0 Å². The lowest BCUT2D eigenvalue weighted by molar-refractivity contribution is -0.149. The largest absolute Gasteiger partial charge is 0.332 e. The van der Waals surface area contributed by atoms with E-state index in [2.05, 4.69) is 0 Å². The van der Waals surface area contributed by atoms with E-state index < -0.39 is 23.8 Å². The maximum absolute atomic E-state index is 12.7. The smallest absolute Gasteiger partial charge is 0.273 e. The molecule has 0 saturated carbocycles. The zero-order valence-corrected chi connectivity index (χ0v) is 14.9. The number of urea groups is 1. The number of carbonyl (C=O) groups excluding carboxylic acids is 3. The second-order valence-electron chi connectivity index (χ2n) is 6.93. The van der Waals surface area contributed by atoms with Gasteiger partial charge in [0.2, 0.25) is 11.8 Å². The molecule has 25 heavy (non-hydrogen) atoms. The Hall–Kier alpha value is -2.69. The molecule has 0 N–H and O–H groups in total. The maximum Gasteiger partial charge on any atom is 0.332 e. The number of barbiturate groups is 1. The number of benzene rings is 2. The van der Waals surface area contributed by atoms with Crippen LogP contribution in [0.15, 0.2) is 42.5 Å². The molecule has 1 unspecified atom stereocenters. The van der Waals surface area contributed by atoms with Crippen molar-refractivity contribution in [2.24, 2.45) is 11.8 Å². The number of hydrogen-bond donors (Lipinski definition) is 0. The Morgan fingerprint density at radius 1 is 0.840 bits per heavy atom. The number of rotatable bonds is 3. The zero-order chi connectivity index (χ0) is 18.3. The van der Waals surface area contributed by atoms with Crippen LogP contribution in [0.1, 0.15) is 25.3 Å². The van der Waals surface area contributed by atoms with E-state index >= 15 is 0 Å². The summed E-state index contributed by atoms with van der Waals surface area (Å²) in [6.45, 7) is 3.99. The van der Waals surface area contributed by atoms with E-state index in [4.69, 9.17) is 0 Å². The van der Waals surface area contributed by atoms with Gasteiger partial charge in [0, 0.05) is 20.0 Å². The first-order valence-electron chi connectivity index (χ1n) is 8.40. The monoisotopic (exact) mass is 338 g/mol. The van der Waals surface area contributed by atoms with Crippen molar-refractivity contribution in [3.8, 4) is 0 Å². The summed E-state index contributed by atoms with van der Waals surface area (Å²) in [7, 11) is 2.86. The maximum atomic E-state index is 12.7. The van der Waals surface area contributed by atoms with E-state index in [1.54, 1.807) is 0 Å². The molecule has 1 fully saturated rings. The van der Waals surface area contributed by atoms with Crippen molar-refractivity contribution in [3.05, 3.63) is 48.0 Å². The number of nitrogens with zero attached hydrogens (tertiary/aromatic N) is 2. The topological polar surface area (TPSA) is 57.7 Å². The van der Waals surface area contributed by atoms with Crippen molar-refractivity contribution in [1.82, 2.24) is 9.80 Å². The van der Waals surface area contributed by atoms with Gasteiger partial charge in [0.15, 0.2) is 0 Å². The van der Waals surface area contributed by atoms with Crippen molar-refractivity contribution in [3.63, 3.8) is 0 Å². The molecule has 1 atom stereocenters. The summed E-state index contributed by atoms with van der Waals surface area (Å²) in [4.78, 5) is 39.6. The molecular weight excluding hydrogens is 316 g/mol. The lowest BCUT2D eigenvalue weighted by atomic mass is 9.76. The van der Waals surface area contributed by atoms with E-state index in [1.807, 2.05) is 56.3 Å². The number of amides is 4. The van der Waals surface area contributed by atoms with Crippen LogP contribution in [0.3, 0.4) is 0 Å². The summed E-state index contributed by atoms with van der Waals surface area (Å²) in [5.74, 6) is -1.97. The molecular formula is C20H22N2O3. The fourth-order valence-corrected chi connectivity index (χ4v) is 3.62. The molecule has 0 bridgehead atoms. The number of fused-ring (bicyclic) bond motifs is 1. The first-order chi connectivity index (χ1) is 11.8. The van der Waals surface area contributed by atoms with Gasteiger partial charge < -0.3 is 0 Å². The molecule has 5 nitrogen and oxygen atoms in total. The lowest BCUT2D eigenvalue weighted by Gasteiger charge is -2.38. The quantitative estimate of drug-likeness (QED) is 0.807. The molecule has 3 rings (SSSR count). The van der Waals surface area contributed by atoms with Crippen molar-refractivity contribution in [1.29, 1.82) is 0 Å². The van der Waals surface area contributed by atoms with Crippen molar-refractivity contribution < 1.29 is 14.4 Å². The Balaban J connectivity index is 2.09. The van der Waals surface area contributed by atoms with Gasteiger partial charge in [-0.2, -0.15) is 0 Å². The first kappa shape index (κ1) is 17.1. The molecule has 5 heteroatoms. The highest BCUT2D eigenvalue weighted by molar-refractivity contribution is 6.16. The molecule has 0 aromatic heterocycles. The average molecular weight is 338 g/mol. The second kappa shape index (κ2) is 6.31.